The highest BCUT2D eigenvalue weighted by Gasteiger charge is 2.46. The normalized spacial score (nSPS) is 24.8. The lowest BCUT2D eigenvalue weighted by Crippen LogP contribution is -2.63. The van der Waals surface area contributed by atoms with Crippen LogP contribution in [-0.2, 0) is 11.3 Å². The van der Waals surface area contributed by atoms with Crippen LogP contribution in [0.5, 0.6) is 0 Å². The quantitative estimate of drug-likeness (QED) is 0.646. The molecule has 0 bridgehead atoms. The molecule has 1 aromatic rings. The van der Waals surface area contributed by atoms with E-state index < -0.39 is 5.54 Å². The van der Waals surface area contributed by atoms with E-state index in [9.17, 15) is 14.4 Å². The average Bonchev–Trinajstić information content (AvgIpc) is 3.37. The van der Waals surface area contributed by atoms with E-state index in [1.54, 1.807) is 14.0 Å². The van der Waals surface area contributed by atoms with E-state index in [1.807, 2.05) is 0 Å². The molecule has 1 saturated carbocycles. The number of fused-ring (bicyclic) bond motifs is 1. The highest BCUT2D eigenvalue weighted by Crippen LogP contribution is 2.27. The van der Waals surface area contributed by atoms with Crippen LogP contribution in [0.25, 0.3) is 0 Å². The SMILES string of the molecule is CN1C(=O)c2cc(C(=O)NCCN3CCCC3)nn2CC1(C)C(=O)NC1CCCCCC1. The van der Waals surface area contributed by atoms with E-state index in [4.69, 9.17) is 0 Å². The topological polar surface area (TPSA) is 99.6 Å². The van der Waals surface area contributed by atoms with E-state index in [2.05, 4.69) is 20.6 Å². The van der Waals surface area contributed by atoms with Gasteiger partial charge in [0.05, 0.1) is 6.54 Å². The fourth-order valence-corrected chi connectivity index (χ4v) is 5.03. The molecule has 1 aromatic heterocycles. The molecular formula is C23H36N6O3. The summed E-state index contributed by atoms with van der Waals surface area (Å²) in [6.07, 6.45) is 9.05. The predicted molar refractivity (Wildman–Crippen MR) is 120 cm³/mol. The lowest BCUT2D eigenvalue weighted by Gasteiger charge is -2.41. The van der Waals surface area contributed by atoms with Crippen LogP contribution in [0.2, 0.25) is 0 Å². The maximum Gasteiger partial charge on any atom is 0.272 e. The van der Waals surface area contributed by atoms with Crippen molar-refractivity contribution in [2.75, 3.05) is 33.2 Å². The molecule has 0 spiro atoms. The average molecular weight is 445 g/mol. The molecule has 176 valence electrons. The van der Waals surface area contributed by atoms with E-state index in [-0.39, 0.29) is 36.0 Å². The predicted octanol–water partition coefficient (Wildman–Crippen LogP) is 1.39. The third kappa shape index (κ3) is 4.67. The standard InChI is InChI=1S/C23H36N6O3/c1-23(22(32)25-17-9-5-3-4-6-10-17)16-29-19(21(31)27(23)2)15-18(26-29)20(30)24-11-14-28-12-7-8-13-28/h15,17H,3-14,16H2,1-2H3,(H,24,30)(H,25,32). The number of aromatic nitrogens is 2. The van der Waals surface area contributed by atoms with Gasteiger partial charge in [0.15, 0.2) is 5.69 Å². The van der Waals surface area contributed by atoms with Crippen molar-refractivity contribution in [1.29, 1.82) is 0 Å². The molecule has 1 saturated heterocycles. The Balaban J connectivity index is 1.42. The highest BCUT2D eigenvalue weighted by molar-refractivity contribution is 6.01. The molecule has 2 fully saturated rings. The zero-order valence-corrected chi connectivity index (χ0v) is 19.4. The smallest absolute Gasteiger partial charge is 0.272 e. The number of hydrogen-bond acceptors (Lipinski definition) is 5. The number of amides is 3. The molecule has 0 radical (unpaired) electrons. The molecule has 9 heteroatoms. The van der Waals surface area contributed by atoms with E-state index in [0.29, 0.717) is 12.2 Å². The van der Waals surface area contributed by atoms with Gasteiger partial charge in [-0.2, -0.15) is 5.10 Å². The minimum atomic E-state index is -1.05. The van der Waals surface area contributed by atoms with Crippen LogP contribution in [0, 0.1) is 0 Å². The molecule has 1 atom stereocenters. The summed E-state index contributed by atoms with van der Waals surface area (Å²) >= 11 is 0. The van der Waals surface area contributed by atoms with Gasteiger partial charge in [0, 0.05) is 32.2 Å². The van der Waals surface area contributed by atoms with Crippen LogP contribution < -0.4 is 10.6 Å². The number of nitrogens with zero attached hydrogens (tertiary/aromatic N) is 4. The van der Waals surface area contributed by atoms with Crippen molar-refractivity contribution in [3.05, 3.63) is 17.5 Å². The van der Waals surface area contributed by atoms with Gasteiger partial charge in [-0.25, -0.2) is 0 Å². The Morgan fingerprint density at radius 3 is 2.50 bits per heavy atom. The molecule has 1 unspecified atom stereocenters. The maximum atomic E-state index is 13.2. The zero-order valence-electron chi connectivity index (χ0n) is 19.4. The summed E-state index contributed by atoms with van der Waals surface area (Å²) < 4.78 is 1.52. The molecule has 4 rings (SSSR count). The molecule has 32 heavy (non-hydrogen) atoms. The van der Waals surface area contributed by atoms with Crippen molar-refractivity contribution in [2.45, 2.75) is 76.4 Å². The number of carbonyl (C=O) groups excluding carboxylic acids is 3. The van der Waals surface area contributed by atoms with Crippen LogP contribution in [0.15, 0.2) is 6.07 Å². The van der Waals surface area contributed by atoms with Crippen LogP contribution in [0.3, 0.4) is 0 Å². The minimum Gasteiger partial charge on any atom is -0.351 e. The number of carbonyl (C=O) groups is 3. The maximum absolute atomic E-state index is 13.2. The Bertz CT molecular complexity index is 854. The van der Waals surface area contributed by atoms with Crippen LogP contribution in [0.4, 0.5) is 0 Å². The van der Waals surface area contributed by atoms with Crippen LogP contribution in [-0.4, -0.2) is 82.1 Å². The van der Waals surface area contributed by atoms with Crippen molar-refractivity contribution in [2.24, 2.45) is 0 Å². The molecule has 2 aliphatic heterocycles. The van der Waals surface area contributed by atoms with Crippen LogP contribution >= 0.6 is 0 Å². The minimum absolute atomic E-state index is 0.154. The van der Waals surface area contributed by atoms with E-state index in [1.165, 1.54) is 41.3 Å². The van der Waals surface area contributed by atoms with Gasteiger partial charge in [-0.3, -0.25) is 19.1 Å². The number of likely N-dealkylation sites (tertiary alicyclic amines) is 1. The summed E-state index contributed by atoms with van der Waals surface area (Å²) in [6, 6.07) is 1.69. The summed E-state index contributed by atoms with van der Waals surface area (Å²) in [7, 11) is 1.65. The summed E-state index contributed by atoms with van der Waals surface area (Å²) in [6.45, 7) is 5.53. The summed E-state index contributed by atoms with van der Waals surface area (Å²) in [5.41, 5.74) is -0.486. The lowest BCUT2D eigenvalue weighted by atomic mass is 9.95. The molecule has 3 aliphatic rings. The highest BCUT2D eigenvalue weighted by atomic mass is 16.2. The number of rotatable bonds is 6. The zero-order chi connectivity index (χ0) is 22.7. The molecule has 2 N–H and O–H groups in total. The van der Waals surface area contributed by atoms with Crippen molar-refractivity contribution in [1.82, 2.24) is 30.2 Å². The molecule has 1 aliphatic carbocycles. The van der Waals surface area contributed by atoms with Gasteiger partial charge in [0.1, 0.15) is 11.2 Å². The van der Waals surface area contributed by atoms with Gasteiger partial charge in [-0.1, -0.05) is 25.7 Å². The second kappa shape index (κ2) is 9.60. The lowest BCUT2D eigenvalue weighted by molar-refractivity contribution is -0.133. The van der Waals surface area contributed by atoms with Gasteiger partial charge < -0.3 is 20.4 Å². The first-order valence-corrected chi connectivity index (χ1v) is 12.1. The molecule has 0 aromatic carbocycles. The molecule has 9 nitrogen and oxygen atoms in total. The Morgan fingerprint density at radius 1 is 1.12 bits per heavy atom. The largest absolute Gasteiger partial charge is 0.351 e. The first kappa shape index (κ1) is 22.8. The van der Waals surface area contributed by atoms with Gasteiger partial charge in [0.2, 0.25) is 5.91 Å². The van der Waals surface area contributed by atoms with Gasteiger partial charge >= 0.3 is 0 Å². The van der Waals surface area contributed by atoms with E-state index in [0.717, 1.165) is 45.3 Å². The number of nitrogens with one attached hydrogen (secondary N) is 2. The van der Waals surface area contributed by atoms with Gasteiger partial charge in [-0.05, 0) is 45.7 Å². The van der Waals surface area contributed by atoms with Crippen molar-refractivity contribution in [3.8, 4) is 0 Å². The second-order valence-corrected chi connectivity index (χ2v) is 9.68. The van der Waals surface area contributed by atoms with Gasteiger partial charge in [0.25, 0.3) is 11.8 Å². The molecule has 3 amide bonds. The second-order valence-electron chi connectivity index (χ2n) is 9.68. The summed E-state index contributed by atoms with van der Waals surface area (Å²) in [5.74, 6) is -0.734. The first-order chi connectivity index (χ1) is 15.4. The van der Waals surface area contributed by atoms with Crippen molar-refractivity contribution >= 4 is 17.7 Å². The van der Waals surface area contributed by atoms with Crippen molar-refractivity contribution in [3.63, 3.8) is 0 Å². The van der Waals surface area contributed by atoms with Gasteiger partial charge in [-0.15, -0.1) is 0 Å². The Labute approximate surface area is 189 Å². The Kier molecular flexibility index (Phi) is 6.83. The molecule has 3 heterocycles. The Hall–Kier alpha value is -2.42. The summed E-state index contributed by atoms with van der Waals surface area (Å²) in [4.78, 5) is 42.7. The Morgan fingerprint density at radius 2 is 1.81 bits per heavy atom. The molecular weight excluding hydrogens is 408 g/mol. The fraction of sp³-hybridized carbons (Fsp3) is 0.739. The fourth-order valence-electron chi connectivity index (χ4n) is 5.03. The third-order valence-corrected chi connectivity index (χ3v) is 7.33. The van der Waals surface area contributed by atoms with Crippen molar-refractivity contribution < 1.29 is 14.4 Å². The van der Waals surface area contributed by atoms with Crippen LogP contribution in [0.1, 0.15) is 79.3 Å². The monoisotopic (exact) mass is 444 g/mol. The first-order valence-electron chi connectivity index (χ1n) is 12.1. The number of likely N-dealkylation sites (N-methyl/N-ethyl adjacent to an activating group) is 1. The third-order valence-electron chi connectivity index (χ3n) is 7.33. The summed E-state index contributed by atoms with van der Waals surface area (Å²) in [5, 5.41) is 10.5. The van der Waals surface area contributed by atoms with E-state index >= 15 is 0 Å². The number of hydrogen-bond donors (Lipinski definition) is 2.